The quantitative estimate of drug-likeness (QED) is 0.807. The fraction of sp³-hybridized carbons (Fsp3) is 0.786. The first kappa shape index (κ1) is 13.5. The number of aliphatic hydroxyl groups excluding tert-OH is 1. The molecule has 0 radical (unpaired) electrons. The van der Waals surface area contributed by atoms with E-state index in [1.165, 1.54) is 25.7 Å². The molecule has 1 atom stereocenters. The normalized spacial score (nSPS) is 21.1. The van der Waals surface area contributed by atoms with Crippen LogP contribution in [-0.4, -0.2) is 38.7 Å². The van der Waals surface area contributed by atoms with E-state index in [9.17, 15) is 9.90 Å². The van der Waals surface area contributed by atoms with E-state index in [0.717, 1.165) is 18.5 Å². The zero-order valence-corrected chi connectivity index (χ0v) is 11.7. The van der Waals surface area contributed by atoms with Crippen LogP contribution in [0.5, 0.6) is 0 Å². The lowest BCUT2D eigenvalue weighted by Crippen LogP contribution is -2.37. The average molecular weight is 278 g/mol. The molecular formula is C14H22N4O2. The van der Waals surface area contributed by atoms with Crippen molar-refractivity contribution in [2.75, 3.05) is 6.54 Å². The lowest BCUT2D eigenvalue weighted by molar-refractivity contribution is -0.122. The predicted octanol–water partition coefficient (Wildman–Crippen LogP) is 0.823. The maximum atomic E-state index is 11.8. The fourth-order valence-corrected chi connectivity index (χ4v) is 2.89. The summed E-state index contributed by atoms with van der Waals surface area (Å²) >= 11 is 0. The first-order valence-electron chi connectivity index (χ1n) is 7.57. The largest absolute Gasteiger partial charge is 0.391 e. The third kappa shape index (κ3) is 3.36. The Bertz CT molecular complexity index is 463. The molecule has 0 aliphatic heterocycles. The summed E-state index contributed by atoms with van der Waals surface area (Å²) in [6, 6.07) is 0. The Kier molecular flexibility index (Phi) is 4.00. The van der Waals surface area contributed by atoms with E-state index in [1.54, 1.807) is 4.68 Å². The van der Waals surface area contributed by atoms with Crippen LogP contribution in [-0.2, 0) is 11.3 Å². The van der Waals surface area contributed by atoms with E-state index in [4.69, 9.17) is 0 Å². The Morgan fingerprint density at radius 3 is 2.85 bits per heavy atom. The molecule has 1 unspecified atom stereocenters. The number of rotatable bonds is 6. The zero-order valence-electron chi connectivity index (χ0n) is 11.7. The molecule has 0 aromatic carbocycles. The Hall–Kier alpha value is -1.43. The summed E-state index contributed by atoms with van der Waals surface area (Å²) < 4.78 is 1.57. The van der Waals surface area contributed by atoms with Crippen LogP contribution in [0.2, 0.25) is 0 Å². The smallest absolute Gasteiger partial charge is 0.241 e. The maximum absolute atomic E-state index is 11.8. The van der Waals surface area contributed by atoms with Crippen molar-refractivity contribution in [1.29, 1.82) is 0 Å². The monoisotopic (exact) mass is 278 g/mol. The number of carbonyl (C=O) groups is 1. The summed E-state index contributed by atoms with van der Waals surface area (Å²) in [4.78, 5) is 11.8. The van der Waals surface area contributed by atoms with E-state index >= 15 is 0 Å². The lowest BCUT2D eigenvalue weighted by Gasteiger charge is -2.17. The molecule has 2 aliphatic carbocycles. The highest BCUT2D eigenvalue weighted by atomic mass is 16.3. The zero-order chi connectivity index (χ0) is 13.9. The molecule has 2 N–H and O–H groups in total. The molecule has 0 spiro atoms. The SMILES string of the molecule is O=C(Cn1cc(C2CC2)nn1)NCC(O)C1CCCC1. The van der Waals surface area contributed by atoms with Crippen molar-refractivity contribution >= 4 is 5.91 Å². The minimum absolute atomic E-state index is 0.116. The van der Waals surface area contributed by atoms with E-state index in [1.807, 2.05) is 6.20 Å². The lowest BCUT2D eigenvalue weighted by atomic mass is 10.0. The molecule has 110 valence electrons. The average Bonchev–Trinajstić information content (AvgIpc) is 2.96. The molecule has 6 nitrogen and oxygen atoms in total. The van der Waals surface area contributed by atoms with E-state index in [0.29, 0.717) is 18.4 Å². The van der Waals surface area contributed by atoms with Gasteiger partial charge in [-0.15, -0.1) is 5.10 Å². The van der Waals surface area contributed by atoms with Crippen molar-refractivity contribution < 1.29 is 9.90 Å². The highest BCUT2D eigenvalue weighted by molar-refractivity contribution is 5.75. The Morgan fingerprint density at radius 2 is 2.15 bits per heavy atom. The topological polar surface area (TPSA) is 80.0 Å². The van der Waals surface area contributed by atoms with Gasteiger partial charge in [-0.1, -0.05) is 18.1 Å². The molecule has 1 aromatic rings. The van der Waals surface area contributed by atoms with Crippen molar-refractivity contribution in [3.63, 3.8) is 0 Å². The molecule has 1 aromatic heterocycles. The van der Waals surface area contributed by atoms with Gasteiger partial charge in [0.15, 0.2) is 0 Å². The molecule has 2 fully saturated rings. The van der Waals surface area contributed by atoms with Gasteiger partial charge in [-0.3, -0.25) is 4.79 Å². The summed E-state index contributed by atoms with van der Waals surface area (Å²) in [5, 5.41) is 20.8. The number of nitrogens with one attached hydrogen (secondary N) is 1. The maximum Gasteiger partial charge on any atom is 0.241 e. The molecule has 1 amide bonds. The first-order valence-corrected chi connectivity index (χ1v) is 7.57. The molecule has 1 heterocycles. The molecule has 2 aliphatic rings. The molecule has 20 heavy (non-hydrogen) atoms. The van der Waals surface area contributed by atoms with Crippen LogP contribution >= 0.6 is 0 Å². The summed E-state index contributed by atoms with van der Waals surface area (Å²) in [5.41, 5.74) is 0.990. The minimum atomic E-state index is -0.417. The number of carbonyl (C=O) groups excluding carboxylic acids is 1. The highest BCUT2D eigenvalue weighted by Crippen LogP contribution is 2.38. The van der Waals surface area contributed by atoms with Crippen LogP contribution in [0, 0.1) is 5.92 Å². The summed E-state index contributed by atoms with van der Waals surface area (Å²) in [5.74, 6) is 0.786. The van der Waals surface area contributed by atoms with Crippen molar-refractivity contribution in [2.24, 2.45) is 5.92 Å². The van der Waals surface area contributed by atoms with Crippen LogP contribution in [0.1, 0.15) is 50.1 Å². The van der Waals surface area contributed by atoms with Gasteiger partial charge in [-0.2, -0.15) is 0 Å². The number of hydrogen-bond acceptors (Lipinski definition) is 4. The minimum Gasteiger partial charge on any atom is -0.391 e. The van der Waals surface area contributed by atoms with Crippen molar-refractivity contribution in [1.82, 2.24) is 20.3 Å². The van der Waals surface area contributed by atoms with E-state index < -0.39 is 6.10 Å². The van der Waals surface area contributed by atoms with Crippen molar-refractivity contribution in [3.8, 4) is 0 Å². The second-order valence-corrected chi connectivity index (χ2v) is 6.03. The number of hydrogen-bond donors (Lipinski definition) is 2. The summed E-state index contributed by atoms with van der Waals surface area (Å²) in [6.45, 7) is 0.519. The Morgan fingerprint density at radius 1 is 1.40 bits per heavy atom. The van der Waals surface area contributed by atoms with Gasteiger partial charge in [0.2, 0.25) is 5.91 Å². The predicted molar refractivity (Wildman–Crippen MR) is 73.0 cm³/mol. The van der Waals surface area contributed by atoms with Gasteiger partial charge in [-0.25, -0.2) is 4.68 Å². The molecule has 0 saturated heterocycles. The van der Waals surface area contributed by atoms with Crippen molar-refractivity contribution in [3.05, 3.63) is 11.9 Å². The first-order chi connectivity index (χ1) is 9.72. The van der Waals surface area contributed by atoms with Crippen LogP contribution in [0.15, 0.2) is 6.20 Å². The molecule has 3 rings (SSSR count). The van der Waals surface area contributed by atoms with Gasteiger partial charge in [0, 0.05) is 18.7 Å². The number of aliphatic hydroxyl groups is 1. The summed E-state index contributed by atoms with van der Waals surface area (Å²) in [7, 11) is 0. The van der Waals surface area contributed by atoms with Gasteiger partial charge < -0.3 is 10.4 Å². The van der Waals surface area contributed by atoms with Crippen LogP contribution in [0.3, 0.4) is 0 Å². The van der Waals surface area contributed by atoms with E-state index in [2.05, 4.69) is 15.6 Å². The van der Waals surface area contributed by atoms with Crippen LogP contribution in [0.4, 0.5) is 0 Å². The standard InChI is InChI=1S/C14H22N4O2/c19-13(11-3-1-2-4-11)7-15-14(20)9-18-8-12(16-17-18)10-5-6-10/h8,10-11,13,19H,1-7,9H2,(H,15,20). The van der Waals surface area contributed by atoms with Gasteiger partial charge >= 0.3 is 0 Å². The third-order valence-electron chi connectivity index (χ3n) is 4.31. The number of aromatic nitrogens is 3. The number of nitrogens with zero attached hydrogens (tertiary/aromatic N) is 3. The van der Waals surface area contributed by atoms with Gasteiger partial charge in [0.05, 0.1) is 11.8 Å². The third-order valence-corrected chi connectivity index (χ3v) is 4.31. The van der Waals surface area contributed by atoms with Crippen molar-refractivity contribution in [2.45, 2.75) is 57.1 Å². The molecule has 0 bridgehead atoms. The van der Waals surface area contributed by atoms with Gasteiger partial charge in [0.1, 0.15) is 6.54 Å². The molecule has 6 heteroatoms. The second kappa shape index (κ2) is 5.91. The van der Waals surface area contributed by atoms with Crippen LogP contribution < -0.4 is 5.32 Å². The summed E-state index contributed by atoms with van der Waals surface area (Å²) in [6.07, 6.45) is 8.33. The van der Waals surface area contributed by atoms with Gasteiger partial charge in [-0.05, 0) is 31.6 Å². The Labute approximate surface area is 118 Å². The number of amides is 1. The van der Waals surface area contributed by atoms with Gasteiger partial charge in [0.25, 0.3) is 0 Å². The second-order valence-electron chi connectivity index (χ2n) is 6.03. The molecule has 2 saturated carbocycles. The molecular weight excluding hydrogens is 256 g/mol. The van der Waals surface area contributed by atoms with Crippen LogP contribution in [0.25, 0.3) is 0 Å². The fourth-order valence-electron chi connectivity index (χ4n) is 2.89. The Balaban J connectivity index is 1.41. The van der Waals surface area contributed by atoms with E-state index in [-0.39, 0.29) is 12.5 Å². The highest BCUT2D eigenvalue weighted by Gasteiger charge is 2.27.